The van der Waals surface area contributed by atoms with Gasteiger partial charge in [-0.25, -0.2) is 0 Å². The molecule has 2 amide bonds. The molecule has 0 bridgehead atoms. The normalized spacial score (nSPS) is 23.3. The smallest absolute Gasteiger partial charge is 0.243 e. The number of hydrogen-bond acceptors (Lipinski definition) is 4. The number of benzene rings is 1. The number of carbonyl (C=O) groups excluding carboxylic acids is 2. The van der Waals surface area contributed by atoms with Crippen molar-refractivity contribution in [3.63, 3.8) is 0 Å². The summed E-state index contributed by atoms with van der Waals surface area (Å²) in [7, 11) is 1.62. The minimum Gasteiger partial charge on any atom is -0.497 e. The number of nitrogens with one attached hydrogen (secondary N) is 2. The lowest BCUT2D eigenvalue weighted by Crippen LogP contribution is -2.53. The lowest BCUT2D eigenvalue weighted by molar-refractivity contribution is -0.140. The van der Waals surface area contributed by atoms with Gasteiger partial charge < -0.3 is 20.3 Å². The van der Waals surface area contributed by atoms with E-state index >= 15 is 0 Å². The standard InChI is InChI=1S/C19H27N3O3/c1-25-15-7-4-6-14(12-15)13-21-18(23)17-9-5-11-22(17)19(24)16-8-2-3-10-20-16/h4,6-7,12,16-17,20H,2-3,5,8-11,13H2,1H3,(H,21,23)/t16-,17+/m1/s1. The zero-order valence-electron chi connectivity index (χ0n) is 14.8. The fraction of sp³-hybridized carbons (Fsp3) is 0.579. The van der Waals surface area contributed by atoms with Crippen molar-refractivity contribution in [2.45, 2.75) is 50.7 Å². The van der Waals surface area contributed by atoms with Crippen LogP contribution in [0.1, 0.15) is 37.7 Å². The van der Waals surface area contributed by atoms with Crippen molar-refractivity contribution in [2.24, 2.45) is 0 Å². The molecule has 1 aromatic carbocycles. The van der Waals surface area contributed by atoms with Crippen LogP contribution in [0.3, 0.4) is 0 Å². The Labute approximate surface area is 148 Å². The summed E-state index contributed by atoms with van der Waals surface area (Å²) in [6.45, 7) is 2.00. The maximum absolute atomic E-state index is 12.7. The molecule has 2 aliphatic heterocycles. The molecule has 6 heteroatoms. The molecule has 2 aliphatic rings. The quantitative estimate of drug-likeness (QED) is 0.847. The monoisotopic (exact) mass is 345 g/mol. The number of rotatable bonds is 5. The predicted octanol–water partition coefficient (Wildman–Crippen LogP) is 1.44. The van der Waals surface area contributed by atoms with E-state index in [1.807, 2.05) is 24.3 Å². The first-order chi connectivity index (χ1) is 12.2. The van der Waals surface area contributed by atoms with Crippen molar-refractivity contribution in [1.29, 1.82) is 0 Å². The summed E-state index contributed by atoms with van der Waals surface area (Å²) >= 11 is 0. The van der Waals surface area contributed by atoms with Gasteiger partial charge in [0.25, 0.3) is 0 Å². The van der Waals surface area contributed by atoms with Crippen molar-refractivity contribution in [1.82, 2.24) is 15.5 Å². The molecule has 0 radical (unpaired) electrons. The molecule has 0 aromatic heterocycles. The van der Waals surface area contributed by atoms with Crippen LogP contribution in [0.15, 0.2) is 24.3 Å². The highest BCUT2D eigenvalue weighted by molar-refractivity contribution is 5.90. The summed E-state index contributed by atoms with van der Waals surface area (Å²) in [6, 6.07) is 7.17. The highest BCUT2D eigenvalue weighted by Crippen LogP contribution is 2.21. The second-order valence-corrected chi connectivity index (χ2v) is 6.76. The molecule has 136 valence electrons. The average Bonchev–Trinajstić information content (AvgIpc) is 3.16. The van der Waals surface area contributed by atoms with Crippen LogP contribution >= 0.6 is 0 Å². The third-order valence-electron chi connectivity index (χ3n) is 5.05. The first-order valence-electron chi connectivity index (χ1n) is 9.13. The number of carbonyl (C=O) groups is 2. The van der Waals surface area contributed by atoms with E-state index in [9.17, 15) is 9.59 Å². The minimum absolute atomic E-state index is 0.0653. The van der Waals surface area contributed by atoms with E-state index in [4.69, 9.17) is 4.74 Å². The van der Waals surface area contributed by atoms with Gasteiger partial charge in [0, 0.05) is 13.1 Å². The van der Waals surface area contributed by atoms with Crippen LogP contribution in [0.2, 0.25) is 0 Å². The Hall–Kier alpha value is -2.08. The Bertz CT molecular complexity index is 614. The van der Waals surface area contributed by atoms with Gasteiger partial charge in [-0.15, -0.1) is 0 Å². The third kappa shape index (κ3) is 4.31. The highest BCUT2D eigenvalue weighted by atomic mass is 16.5. The number of amides is 2. The molecule has 0 spiro atoms. The molecule has 25 heavy (non-hydrogen) atoms. The molecule has 0 saturated carbocycles. The maximum atomic E-state index is 12.7. The van der Waals surface area contributed by atoms with E-state index in [-0.39, 0.29) is 23.9 Å². The molecule has 6 nitrogen and oxygen atoms in total. The van der Waals surface area contributed by atoms with Crippen LogP contribution in [0.25, 0.3) is 0 Å². The molecule has 0 aliphatic carbocycles. The average molecular weight is 345 g/mol. The largest absolute Gasteiger partial charge is 0.497 e. The Morgan fingerprint density at radius 2 is 2.16 bits per heavy atom. The maximum Gasteiger partial charge on any atom is 0.243 e. The molecule has 2 fully saturated rings. The van der Waals surface area contributed by atoms with Crippen molar-refractivity contribution < 1.29 is 14.3 Å². The molecular weight excluding hydrogens is 318 g/mol. The summed E-state index contributed by atoms with van der Waals surface area (Å²) < 4.78 is 5.20. The molecule has 2 N–H and O–H groups in total. The number of likely N-dealkylation sites (tertiary alicyclic amines) is 1. The Kier molecular flexibility index (Phi) is 5.91. The van der Waals surface area contributed by atoms with Gasteiger partial charge in [-0.05, 0) is 49.9 Å². The van der Waals surface area contributed by atoms with Gasteiger partial charge in [0.1, 0.15) is 11.8 Å². The summed E-state index contributed by atoms with van der Waals surface area (Å²) in [5.74, 6) is 0.788. The second kappa shape index (κ2) is 8.34. The molecule has 2 atom stereocenters. The van der Waals surface area contributed by atoms with Crippen molar-refractivity contribution >= 4 is 11.8 Å². The van der Waals surface area contributed by atoms with Crippen LogP contribution in [0.4, 0.5) is 0 Å². The first-order valence-corrected chi connectivity index (χ1v) is 9.13. The van der Waals surface area contributed by atoms with Crippen molar-refractivity contribution in [2.75, 3.05) is 20.2 Å². The van der Waals surface area contributed by atoms with Gasteiger partial charge in [0.2, 0.25) is 11.8 Å². The molecule has 0 unspecified atom stereocenters. The Balaban J connectivity index is 1.57. The summed E-state index contributed by atoms with van der Waals surface area (Å²) in [6.07, 6.45) is 4.68. The molecule has 2 heterocycles. The molecule has 1 aromatic rings. The SMILES string of the molecule is COc1cccc(CNC(=O)[C@@H]2CCCN2C(=O)[C@H]2CCCCN2)c1. The van der Waals surface area contributed by atoms with Gasteiger partial charge in [0.05, 0.1) is 13.2 Å². The van der Waals surface area contributed by atoms with E-state index in [1.54, 1.807) is 12.0 Å². The number of methoxy groups -OCH3 is 1. The van der Waals surface area contributed by atoms with Crippen LogP contribution in [0.5, 0.6) is 5.75 Å². The van der Waals surface area contributed by atoms with E-state index < -0.39 is 0 Å². The predicted molar refractivity (Wildman–Crippen MR) is 95.2 cm³/mol. The lowest BCUT2D eigenvalue weighted by atomic mass is 10.0. The second-order valence-electron chi connectivity index (χ2n) is 6.76. The number of piperidine rings is 1. The fourth-order valence-electron chi connectivity index (χ4n) is 3.66. The van der Waals surface area contributed by atoms with E-state index in [0.29, 0.717) is 13.1 Å². The van der Waals surface area contributed by atoms with Gasteiger partial charge in [-0.1, -0.05) is 18.6 Å². The molecular formula is C19H27N3O3. The van der Waals surface area contributed by atoms with Crippen molar-refractivity contribution in [3.8, 4) is 5.75 Å². The van der Waals surface area contributed by atoms with Gasteiger partial charge in [0.15, 0.2) is 0 Å². The van der Waals surface area contributed by atoms with E-state index in [2.05, 4.69) is 10.6 Å². The van der Waals surface area contributed by atoms with E-state index in [0.717, 1.165) is 50.0 Å². The zero-order chi connectivity index (χ0) is 17.6. The van der Waals surface area contributed by atoms with Crippen LogP contribution in [0, 0.1) is 0 Å². The van der Waals surface area contributed by atoms with Gasteiger partial charge in [-0.2, -0.15) is 0 Å². The third-order valence-corrected chi connectivity index (χ3v) is 5.05. The summed E-state index contributed by atoms with van der Waals surface area (Å²) in [5, 5.41) is 6.26. The number of nitrogens with zero attached hydrogens (tertiary/aromatic N) is 1. The summed E-state index contributed by atoms with van der Waals surface area (Å²) in [5.41, 5.74) is 0.984. The summed E-state index contributed by atoms with van der Waals surface area (Å²) in [4.78, 5) is 27.1. The first kappa shape index (κ1) is 17.7. The Morgan fingerprint density at radius 3 is 2.92 bits per heavy atom. The number of ether oxygens (including phenoxy) is 1. The fourth-order valence-corrected chi connectivity index (χ4v) is 3.66. The highest BCUT2D eigenvalue weighted by Gasteiger charge is 2.37. The van der Waals surface area contributed by atoms with Gasteiger partial charge in [-0.3, -0.25) is 9.59 Å². The lowest BCUT2D eigenvalue weighted by Gasteiger charge is -2.30. The number of hydrogen-bond donors (Lipinski definition) is 2. The van der Waals surface area contributed by atoms with Crippen LogP contribution in [-0.2, 0) is 16.1 Å². The van der Waals surface area contributed by atoms with E-state index in [1.165, 1.54) is 0 Å². The Morgan fingerprint density at radius 1 is 1.28 bits per heavy atom. The topological polar surface area (TPSA) is 70.7 Å². The minimum atomic E-state index is -0.346. The molecule has 3 rings (SSSR count). The zero-order valence-corrected chi connectivity index (χ0v) is 14.8. The van der Waals surface area contributed by atoms with Crippen LogP contribution in [-0.4, -0.2) is 49.0 Å². The van der Waals surface area contributed by atoms with Crippen molar-refractivity contribution in [3.05, 3.63) is 29.8 Å². The molecule has 2 saturated heterocycles. The van der Waals surface area contributed by atoms with Gasteiger partial charge >= 0.3 is 0 Å². The van der Waals surface area contributed by atoms with Crippen LogP contribution < -0.4 is 15.4 Å².